The maximum Gasteiger partial charge on any atom is 0.160 e. The van der Waals surface area contributed by atoms with E-state index in [0.29, 0.717) is 17.1 Å². The molecule has 2 nitrogen and oxygen atoms in total. The zero-order valence-electron chi connectivity index (χ0n) is 12.3. The van der Waals surface area contributed by atoms with E-state index in [2.05, 4.69) is 26.8 Å². The lowest BCUT2D eigenvalue weighted by Crippen LogP contribution is -2.32. The molecule has 1 aromatic carbocycles. The summed E-state index contributed by atoms with van der Waals surface area (Å²) < 4.78 is 5.13. The van der Waals surface area contributed by atoms with Crippen LogP contribution in [0.1, 0.15) is 45.1 Å². The molecule has 2 aliphatic carbocycles. The Hall–Kier alpha value is -1.18. The van der Waals surface area contributed by atoms with E-state index < -0.39 is 0 Å². The Balaban J connectivity index is 1.88. The van der Waals surface area contributed by atoms with Crippen molar-refractivity contribution in [1.82, 2.24) is 0 Å². The lowest BCUT2D eigenvalue weighted by molar-refractivity contribution is 0.122. The van der Waals surface area contributed by atoms with Crippen LogP contribution in [-0.4, -0.2) is 12.2 Å². The van der Waals surface area contributed by atoms with Crippen molar-refractivity contribution in [3.8, 4) is 11.5 Å². The van der Waals surface area contributed by atoms with Crippen LogP contribution in [0, 0.1) is 23.2 Å². The summed E-state index contributed by atoms with van der Waals surface area (Å²) in [4.78, 5) is 0. The minimum absolute atomic E-state index is 0.273. The van der Waals surface area contributed by atoms with Gasteiger partial charge in [0.2, 0.25) is 0 Å². The van der Waals surface area contributed by atoms with E-state index >= 15 is 0 Å². The lowest BCUT2D eigenvalue weighted by atomic mass is 9.65. The first-order valence-electron chi connectivity index (χ1n) is 7.32. The van der Waals surface area contributed by atoms with Gasteiger partial charge in [-0.15, -0.1) is 0 Å². The number of fused-ring (bicyclic) bond motifs is 2. The highest BCUT2D eigenvalue weighted by Crippen LogP contribution is 2.64. The van der Waals surface area contributed by atoms with E-state index in [4.69, 9.17) is 4.74 Å². The fourth-order valence-corrected chi connectivity index (χ4v) is 4.47. The first kappa shape index (κ1) is 12.8. The quantitative estimate of drug-likeness (QED) is 0.864. The molecule has 0 heterocycles. The molecule has 1 N–H and O–H groups in total. The zero-order chi connectivity index (χ0) is 13.8. The van der Waals surface area contributed by atoms with Gasteiger partial charge in [0.25, 0.3) is 0 Å². The predicted molar refractivity (Wildman–Crippen MR) is 76.6 cm³/mol. The molecule has 2 heteroatoms. The van der Waals surface area contributed by atoms with Crippen LogP contribution >= 0.6 is 0 Å². The molecule has 0 unspecified atom stereocenters. The summed E-state index contributed by atoms with van der Waals surface area (Å²) in [6.45, 7) is 7.24. The summed E-state index contributed by atoms with van der Waals surface area (Å²) >= 11 is 0. The number of rotatable bonds is 2. The molecule has 104 valence electrons. The molecule has 2 bridgehead atoms. The number of hydrogen-bond acceptors (Lipinski definition) is 2. The van der Waals surface area contributed by atoms with Crippen LogP contribution < -0.4 is 4.74 Å². The van der Waals surface area contributed by atoms with Crippen LogP contribution in [-0.2, 0) is 0 Å². The molecule has 2 aliphatic rings. The van der Waals surface area contributed by atoms with Crippen LogP contribution in [0.25, 0.3) is 0 Å². The van der Waals surface area contributed by atoms with Crippen molar-refractivity contribution < 1.29 is 9.84 Å². The molecule has 1 aromatic rings. The van der Waals surface area contributed by atoms with Gasteiger partial charge in [-0.1, -0.05) is 26.8 Å². The molecular formula is C17H24O2. The summed E-state index contributed by atoms with van der Waals surface area (Å²) in [6, 6.07) is 5.93. The van der Waals surface area contributed by atoms with Crippen LogP contribution in [0.2, 0.25) is 0 Å². The summed E-state index contributed by atoms with van der Waals surface area (Å²) in [5.41, 5.74) is 1.77. The third-order valence-corrected chi connectivity index (χ3v) is 6.11. The van der Waals surface area contributed by atoms with E-state index in [1.54, 1.807) is 7.11 Å². The second kappa shape index (κ2) is 4.16. The van der Waals surface area contributed by atoms with E-state index in [-0.39, 0.29) is 5.75 Å². The van der Waals surface area contributed by atoms with Crippen molar-refractivity contribution in [2.75, 3.05) is 7.11 Å². The van der Waals surface area contributed by atoms with Gasteiger partial charge >= 0.3 is 0 Å². The fourth-order valence-electron chi connectivity index (χ4n) is 4.47. The Labute approximate surface area is 115 Å². The third kappa shape index (κ3) is 1.76. The minimum Gasteiger partial charge on any atom is -0.504 e. The van der Waals surface area contributed by atoms with Crippen LogP contribution in [0.5, 0.6) is 11.5 Å². The number of benzene rings is 1. The van der Waals surface area contributed by atoms with Gasteiger partial charge in [-0.3, -0.25) is 0 Å². The third-order valence-electron chi connectivity index (χ3n) is 6.11. The molecule has 0 radical (unpaired) electrons. The Morgan fingerprint density at radius 3 is 2.53 bits per heavy atom. The summed E-state index contributed by atoms with van der Waals surface area (Å²) in [5.74, 6) is 3.83. The molecule has 3 rings (SSSR count). The van der Waals surface area contributed by atoms with Gasteiger partial charge in [0.05, 0.1) is 7.11 Å². The Bertz CT molecular complexity index is 488. The number of hydrogen-bond donors (Lipinski definition) is 1. The molecule has 2 saturated carbocycles. The van der Waals surface area contributed by atoms with Gasteiger partial charge in [-0.2, -0.15) is 0 Å². The summed E-state index contributed by atoms with van der Waals surface area (Å²) in [5, 5.41) is 9.97. The molecule has 0 saturated heterocycles. The average Bonchev–Trinajstić information content (AvgIpc) is 2.90. The van der Waals surface area contributed by atoms with Gasteiger partial charge in [0, 0.05) is 0 Å². The van der Waals surface area contributed by atoms with E-state index in [0.717, 1.165) is 17.8 Å². The summed E-state index contributed by atoms with van der Waals surface area (Å²) in [7, 11) is 1.59. The van der Waals surface area contributed by atoms with Crippen molar-refractivity contribution in [1.29, 1.82) is 0 Å². The zero-order valence-corrected chi connectivity index (χ0v) is 12.3. The SMILES string of the molecule is COc1ccc([C@H]2C[C@H]3C[C@@H]2[C@H](C)C3(C)C)cc1O. The number of phenolic OH excluding ortho intramolecular Hbond substituents is 1. The Kier molecular flexibility index (Phi) is 2.81. The molecular weight excluding hydrogens is 236 g/mol. The first-order valence-corrected chi connectivity index (χ1v) is 7.32. The highest BCUT2D eigenvalue weighted by molar-refractivity contribution is 5.43. The normalized spacial score (nSPS) is 35.6. The number of methoxy groups -OCH3 is 1. The van der Waals surface area contributed by atoms with Crippen LogP contribution in [0.4, 0.5) is 0 Å². The standard InChI is InChI=1S/C17H24O2/c1-10-13-8-12(17(10,2)3)9-14(13)11-5-6-16(19-4)15(18)7-11/h5-7,10,12-14,18H,8-9H2,1-4H3/t10-,12+,13+,14+/m0/s1. The second-order valence-corrected chi connectivity index (χ2v) is 6.98. The van der Waals surface area contributed by atoms with Gasteiger partial charge in [0.1, 0.15) is 0 Å². The van der Waals surface area contributed by atoms with E-state index in [9.17, 15) is 5.11 Å². The Morgan fingerprint density at radius 2 is 2.00 bits per heavy atom. The molecule has 0 aliphatic heterocycles. The minimum atomic E-state index is 0.273. The maximum absolute atomic E-state index is 9.97. The molecule has 4 atom stereocenters. The second-order valence-electron chi connectivity index (χ2n) is 6.98. The van der Waals surface area contributed by atoms with Crippen molar-refractivity contribution in [3.63, 3.8) is 0 Å². The molecule has 0 spiro atoms. The average molecular weight is 260 g/mol. The van der Waals surface area contributed by atoms with Crippen LogP contribution in [0.15, 0.2) is 18.2 Å². The molecule has 0 amide bonds. The van der Waals surface area contributed by atoms with Gasteiger partial charge in [-0.05, 0) is 59.6 Å². The van der Waals surface area contributed by atoms with Crippen LogP contribution in [0.3, 0.4) is 0 Å². The van der Waals surface area contributed by atoms with E-state index in [1.165, 1.54) is 18.4 Å². The fraction of sp³-hybridized carbons (Fsp3) is 0.647. The van der Waals surface area contributed by atoms with Gasteiger partial charge < -0.3 is 9.84 Å². The molecule has 2 fully saturated rings. The highest BCUT2D eigenvalue weighted by Gasteiger charge is 2.55. The smallest absolute Gasteiger partial charge is 0.160 e. The highest BCUT2D eigenvalue weighted by atomic mass is 16.5. The van der Waals surface area contributed by atoms with Crippen molar-refractivity contribution in [2.45, 2.75) is 39.5 Å². The van der Waals surface area contributed by atoms with E-state index in [1.807, 2.05) is 12.1 Å². The monoisotopic (exact) mass is 260 g/mol. The maximum atomic E-state index is 9.97. The summed E-state index contributed by atoms with van der Waals surface area (Å²) in [6.07, 6.45) is 2.62. The van der Waals surface area contributed by atoms with Crippen molar-refractivity contribution >= 4 is 0 Å². The predicted octanol–water partition coefficient (Wildman–Crippen LogP) is 4.19. The topological polar surface area (TPSA) is 29.5 Å². The number of ether oxygens (including phenoxy) is 1. The first-order chi connectivity index (χ1) is 8.95. The van der Waals surface area contributed by atoms with Crippen molar-refractivity contribution in [2.24, 2.45) is 23.2 Å². The molecule has 0 aromatic heterocycles. The van der Waals surface area contributed by atoms with Gasteiger partial charge in [0.15, 0.2) is 11.5 Å². The van der Waals surface area contributed by atoms with Crippen molar-refractivity contribution in [3.05, 3.63) is 23.8 Å². The lowest BCUT2D eigenvalue weighted by Gasteiger charge is -2.40. The Morgan fingerprint density at radius 1 is 1.26 bits per heavy atom. The number of phenols is 1. The van der Waals surface area contributed by atoms with Gasteiger partial charge in [-0.25, -0.2) is 0 Å². The number of aromatic hydroxyl groups is 1. The largest absolute Gasteiger partial charge is 0.504 e. The molecule has 19 heavy (non-hydrogen) atoms.